The van der Waals surface area contributed by atoms with Crippen LogP contribution in [0.1, 0.15) is 44.1 Å². The summed E-state index contributed by atoms with van der Waals surface area (Å²) in [4.78, 5) is 51.0. The molecule has 1 aliphatic heterocycles. The molecule has 10 heteroatoms. The summed E-state index contributed by atoms with van der Waals surface area (Å²) in [6, 6.07) is 18.9. The molecule has 2 aliphatic rings. The Morgan fingerprint density at radius 3 is 2.58 bits per heavy atom. The van der Waals surface area contributed by atoms with Crippen LogP contribution in [-0.4, -0.2) is 45.4 Å². The van der Waals surface area contributed by atoms with Gasteiger partial charge in [0.2, 0.25) is 11.8 Å². The van der Waals surface area contributed by atoms with Crippen LogP contribution in [-0.2, 0) is 20.8 Å². The molecule has 2 aromatic carbocycles. The molecule has 2 amide bonds. The predicted molar refractivity (Wildman–Crippen MR) is 168 cm³/mol. The molecule has 4 aromatic rings. The first-order valence-corrected chi connectivity index (χ1v) is 15.7. The van der Waals surface area contributed by atoms with Gasteiger partial charge in [-0.05, 0) is 67.5 Å². The number of amides is 2. The molecule has 8 nitrogen and oxygen atoms in total. The molecular formula is C33H31ClN4O4S. The third-order valence-corrected chi connectivity index (χ3v) is 8.93. The molecule has 1 aliphatic carbocycles. The largest absolute Gasteiger partial charge is 0.481 e. The molecule has 3 heterocycles. The van der Waals surface area contributed by atoms with Gasteiger partial charge in [-0.2, -0.15) is 0 Å². The number of piperidine rings is 1. The van der Waals surface area contributed by atoms with Crippen molar-refractivity contribution in [3.8, 4) is 22.4 Å². The van der Waals surface area contributed by atoms with Crippen LogP contribution in [0.15, 0.2) is 72.2 Å². The summed E-state index contributed by atoms with van der Waals surface area (Å²) in [5.74, 6) is -1.18. The lowest BCUT2D eigenvalue weighted by Crippen LogP contribution is -2.39. The summed E-state index contributed by atoms with van der Waals surface area (Å²) in [7, 11) is 0. The lowest BCUT2D eigenvalue weighted by atomic mass is 9.94. The highest BCUT2D eigenvalue weighted by molar-refractivity contribution is 7.14. The number of aliphatic carboxylic acids is 1. The quantitative estimate of drug-likeness (QED) is 0.209. The van der Waals surface area contributed by atoms with E-state index in [1.54, 1.807) is 16.0 Å². The van der Waals surface area contributed by atoms with Gasteiger partial charge in [0.15, 0.2) is 5.13 Å². The molecule has 0 radical (unpaired) electrons. The number of carbonyl (C=O) groups is 3. The fraction of sp³-hybridized carbons (Fsp3) is 0.303. The van der Waals surface area contributed by atoms with E-state index in [0.717, 1.165) is 47.9 Å². The predicted octanol–water partition coefficient (Wildman–Crippen LogP) is 6.87. The van der Waals surface area contributed by atoms with Crippen molar-refractivity contribution >= 4 is 51.7 Å². The first kappa shape index (κ1) is 29.0. The number of nitrogens with zero attached hydrogens (tertiary/aromatic N) is 4. The van der Waals surface area contributed by atoms with Crippen molar-refractivity contribution in [3.05, 3.63) is 82.8 Å². The van der Waals surface area contributed by atoms with E-state index in [4.69, 9.17) is 16.6 Å². The number of hydrogen-bond acceptors (Lipinski definition) is 6. The summed E-state index contributed by atoms with van der Waals surface area (Å²) >= 11 is 7.81. The van der Waals surface area contributed by atoms with Gasteiger partial charge in [-0.15, -0.1) is 11.3 Å². The fourth-order valence-electron chi connectivity index (χ4n) is 5.55. The van der Waals surface area contributed by atoms with Crippen LogP contribution in [0.4, 0.5) is 10.9 Å². The topological polar surface area (TPSA) is 104 Å². The normalized spacial score (nSPS) is 15.7. The standard InChI is InChI=1S/C33H31ClN4O4S/c34-24-10-13-26(22-9-14-29(35-19-22)37-15-5-4-8-30(37)39)27(18-24)28-20-43-33(36-28)38(25-11-12-25)32(42)23(17-31(40)41)16-21-6-2-1-3-7-21/h1-3,6-7,9-10,13-14,18-20,23,25H,4-5,8,11-12,15-17H2,(H,40,41)/t23-/m1/s1. The Morgan fingerprint density at radius 2 is 1.88 bits per heavy atom. The van der Waals surface area contributed by atoms with E-state index >= 15 is 0 Å². The van der Waals surface area contributed by atoms with E-state index < -0.39 is 11.9 Å². The molecule has 1 N–H and O–H groups in total. The minimum atomic E-state index is -1.00. The summed E-state index contributed by atoms with van der Waals surface area (Å²) in [6.07, 6.45) is 5.98. The number of thiazole rings is 1. The smallest absolute Gasteiger partial charge is 0.304 e. The third-order valence-electron chi connectivity index (χ3n) is 7.86. The van der Waals surface area contributed by atoms with Gasteiger partial charge in [0.25, 0.3) is 0 Å². The van der Waals surface area contributed by atoms with E-state index in [1.165, 1.54) is 11.3 Å². The van der Waals surface area contributed by atoms with Gasteiger partial charge in [-0.25, -0.2) is 9.97 Å². The number of hydrogen-bond donors (Lipinski definition) is 1. The highest BCUT2D eigenvalue weighted by Gasteiger charge is 2.39. The average molecular weight is 615 g/mol. The van der Waals surface area contributed by atoms with Gasteiger partial charge in [-0.3, -0.25) is 24.2 Å². The molecule has 0 spiro atoms. The maximum absolute atomic E-state index is 13.9. The second kappa shape index (κ2) is 12.7. The first-order valence-electron chi connectivity index (χ1n) is 14.5. The van der Waals surface area contributed by atoms with Crippen LogP contribution in [0.2, 0.25) is 5.02 Å². The Morgan fingerprint density at radius 1 is 1.07 bits per heavy atom. The van der Waals surface area contributed by atoms with Crippen LogP contribution in [0.3, 0.4) is 0 Å². The lowest BCUT2D eigenvalue weighted by Gasteiger charge is -2.25. The van der Waals surface area contributed by atoms with Crippen LogP contribution < -0.4 is 9.80 Å². The molecule has 0 unspecified atom stereocenters. The number of benzene rings is 2. The number of aromatic nitrogens is 2. The van der Waals surface area contributed by atoms with Gasteiger partial charge >= 0.3 is 5.97 Å². The van der Waals surface area contributed by atoms with Crippen molar-refractivity contribution in [1.29, 1.82) is 0 Å². The van der Waals surface area contributed by atoms with E-state index in [1.807, 2.05) is 66.0 Å². The van der Waals surface area contributed by atoms with Gasteiger partial charge in [0.1, 0.15) is 5.82 Å². The average Bonchev–Trinajstić information content (AvgIpc) is 3.73. The molecule has 43 heavy (non-hydrogen) atoms. The van der Waals surface area contributed by atoms with Crippen molar-refractivity contribution < 1.29 is 19.5 Å². The van der Waals surface area contributed by atoms with Gasteiger partial charge in [-0.1, -0.05) is 48.0 Å². The number of carboxylic acid groups (broad SMARTS) is 1. The molecule has 2 fully saturated rings. The van der Waals surface area contributed by atoms with E-state index in [2.05, 4.69) is 4.98 Å². The van der Waals surface area contributed by atoms with Crippen LogP contribution in [0, 0.1) is 5.92 Å². The summed E-state index contributed by atoms with van der Waals surface area (Å²) < 4.78 is 0. The van der Waals surface area contributed by atoms with Crippen LogP contribution >= 0.6 is 22.9 Å². The Bertz CT molecular complexity index is 1640. The summed E-state index contributed by atoms with van der Waals surface area (Å²) in [5, 5.41) is 12.6. The number of rotatable bonds is 10. The van der Waals surface area contributed by atoms with E-state index in [0.29, 0.717) is 41.1 Å². The Balaban J connectivity index is 1.29. The maximum Gasteiger partial charge on any atom is 0.304 e. The van der Waals surface area contributed by atoms with Gasteiger partial charge in [0.05, 0.1) is 18.0 Å². The number of pyridine rings is 1. The number of halogens is 1. The third kappa shape index (κ3) is 6.63. The second-order valence-corrected chi connectivity index (χ2v) is 12.3. The zero-order chi connectivity index (χ0) is 29.9. The Kier molecular flexibility index (Phi) is 8.54. The number of carbonyl (C=O) groups excluding carboxylic acids is 2. The van der Waals surface area contributed by atoms with Crippen molar-refractivity contribution in [1.82, 2.24) is 9.97 Å². The van der Waals surface area contributed by atoms with Crippen LogP contribution in [0.25, 0.3) is 22.4 Å². The van der Waals surface area contributed by atoms with Gasteiger partial charge in [0, 0.05) is 46.7 Å². The first-order chi connectivity index (χ1) is 20.9. The van der Waals surface area contributed by atoms with Crippen LogP contribution in [0.5, 0.6) is 0 Å². The fourth-order valence-corrected chi connectivity index (χ4v) is 6.62. The Labute approximate surface area is 259 Å². The molecule has 6 rings (SSSR count). The number of anilines is 2. The SMILES string of the molecule is O=C(O)C[C@@H](Cc1ccccc1)C(=O)N(c1nc(-c2cc(Cl)ccc2-c2ccc(N3CCCCC3=O)nc2)cs1)C1CC1. The monoisotopic (exact) mass is 614 g/mol. The van der Waals surface area contributed by atoms with Crippen molar-refractivity contribution in [2.45, 2.75) is 51.0 Å². The minimum Gasteiger partial charge on any atom is -0.481 e. The molecule has 220 valence electrons. The highest BCUT2D eigenvalue weighted by Crippen LogP contribution is 2.40. The lowest BCUT2D eigenvalue weighted by molar-refractivity contribution is -0.140. The molecule has 2 aromatic heterocycles. The summed E-state index contributed by atoms with van der Waals surface area (Å²) in [5.41, 5.74) is 4.12. The molecule has 1 saturated carbocycles. The van der Waals surface area contributed by atoms with E-state index in [9.17, 15) is 19.5 Å². The molecule has 1 atom stereocenters. The molecule has 0 bridgehead atoms. The highest BCUT2D eigenvalue weighted by atomic mass is 35.5. The van der Waals surface area contributed by atoms with E-state index in [-0.39, 0.29) is 24.3 Å². The summed E-state index contributed by atoms with van der Waals surface area (Å²) in [6.45, 7) is 0.674. The van der Waals surface area contributed by atoms with Crippen molar-refractivity contribution in [2.75, 3.05) is 16.3 Å². The number of carboxylic acids is 1. The minimum absolute atomic E-state index is 0.00615. The second-order valence-electron chi connectivity index (χ2n) is 11.0. The Hall–Kier alpha value is -4.08. The van der Waals surface area contributed by atoms with Gasteiger partial charge < -0.3 is 5.11 Å². The van der Waals surface area contributed by atoms with Crippen molar-refractivity contribution in [3.63, 3.8) is 0 Å². The molecular weight excluding hydrogens is 584 g/mol. The zero-order valence-electron chi connectivity index (χ0n) is 23.5. The molecule has 1 saturated heterocycles. The van der Waals surface area contributed by atoms with Crippen molar-refractivity contribution in [2.24, 2.45) is 5.92 Å². The maximum atomic E-state index is 13.9. The zero-order valence-corrected chi connectivity index (χ0v) is 25.1.